The number of benzene rings is 1. The van der Waals surface area contributed by atoms with Crippen LogP contribution >= 0.6 is 0 Å². The Labute approximate surface area is 98.0 Å². The fraction of sp³-hybridized carbons (Fsp3) is 0.538. The van der Waals surface area contributed by atoms with Gasteiger partial charge in [-0.05, 0) is 19.4 Å². The molecule has 0 spiro atoms. The standard InChI is InChI=1S/C13H22N2O/c1-11(14)8-15-12(2)9-16-10-13-6-4-3-5-7-13/h3-7,11-12,15H,8-10,14H2,1-2H3/t11-,12?/m0/s1. The van der Waals surface area contributed by atoms with Crippen molar-refractivity contribution in [1.82, 2.24) is 5.32 Å². The van der Waals surface area contributed by atoms with Gasteiger partial charge in [-0.25, -0.2) is 0 Å². The van der Waals surface area contributed by atoms with Crippen molar-refractivity contribution in [3.05, 3.63) is 35.9 Å². The summed E-state index contributed by atoms with van der Waals surface area (Å²) in [6.45, 7) is 6.31. The van der Waals surface area contributed by atoms with Crippen LogP contribution in [0.5, 0.6) is 0 Å². The maximum atomic E-state index is 5.66. The summed E-state index contributed by atoms with van der Waals surface area (Å²) < 4.78 is 5.61. The first-order valence-electron chi connectivity index (χ1n) is 5.79. The highest BCUT2D eigenvalue weighted by molar-refractivity contribution is 5.13. The van der Waals surface area contributed by atoms with Gasteiger partial charge in [0, 0.05) is 18.6 Å². The normalized spacial score (nSPS) is 14.7. The second-order valence-corrected chi connectivity index (χ2v) is 4.29. The number of nitrogens with one attached hydrogen (secondary N) is 1. The second kappa shape index (κ2) is 7.39. The van der Waals surface area contributed by atoms with Crippen molar-refractivity contribution in [3.63, 3.8) is 0 Å². The first kappa shape index (κ1) is 13.2. The second-order valence-electron chi connectivity index (χ2n) is 4.29. The van der Waals surface area contributed by atoms with E-state index in [1.54, 1.807) is 0 Å². The molecule has 0 saturated heterocycles. The van der Waals surface area contributed by atoms with Gasteiger partial charge in [-0.2, -0.15) is 0 Å². The Hall–Kier alpha value is -0.900. The van der Waals surface area contributed by atoms with Gasteiger partial charge in [-0.15, -0.1) is 0 Å². The third-order valence-electron chi connectivity index (χ3n) is 2.27. The third-order valence-corrected chi connectivity index (χ3v) is 2.27. The van der Waals surface area contributed by atoms with Gasteiger partial charge in [0.25, 0.3) is 0 Å². The molecule has 0 radical (unpaired) electrons. The Bertz CT molecular complexity index is 275. The lowest BCUT2D eigenvalue weighted by molar-refractivity contribution is 0.102. The minimum atomic E-state index is 0.191. The maximum absolute atomic E-state index is 5.66. The summed E-state index contributed by atoms with van der Waals surface area (Å²) in [4.78, 5) is 0. The van der Waals surface area contributed by atoms with Crippen LogP contribution in [0.15, 0.2) is 30.3 Å². The van der Waals surface area contributed by atoms with Gasteiger partial charge >= 0.3 is 0 Å². The molecule has 1 aromatic rings. The van der Waals surface area contributed by atoms with Crippen molar-refractivity contribution in [2.45, 2.75) is 32.5 Å². The maximum Gasteiger partial charge on any atom is 0.0717 e. The van der Waals surface area contributed by atoms with Gasteiger partial charge in [-0.1, -0.05) is 30.3 Å². The van der Waals surface area contributed by atoms with Gasteiger partial charge < -0.3 is 15.8 Å². The minimum absolute atomic E-state index is 0.191. The van der Waals surface area contributed by atoms with E-state index in [1.165, 1.54) is 5.56 Å². The topological polar surface area (TPSA) is 47.3 Å². The Morgan fingerprint density at radius 1 is 1.25 bits per heavy atom. The van der Waals surface area contributed by atoms with Crippen molar-refractivity contribution in [2.24, 2.45) is 5.73 Å². The van der Waals surface area contributed by atoms with Gasteiger partial charge in [-0.3, -0.25) is 0 Å². The van der Waals surface area contributed by atoms with Gasteiger partial charge in [0.1, 0.15) is 0 Å². The SMILES string of the molecule is CC(COCc1ccccc1)NC[C@H](C)N. The van der Waals surface area contributed by atoms with E-state index in [2.05, 4.69) is 24.4 Å². The molecule has 0 aromatic heterocycles. The van der Waals surface area contributed by atoms with E-state index in [4.69, 9.17) is 10.5 Å². The lowest BCUT2D eigenvalue weighted by atomic mass is 10.2. The summed E-state index contributed by atoms with van der Waals surface area (Å²) >= 11 is 0. The van der Waals surface area contributed by atoms with Crippen LogP contribution in [-0.2, 0) is 11.3 Å². The van der Waals surface area contributed by atoms with Crippen LogP contribution in [-0.4, -0.2) is 25.2 Å². The molecule has 0 bridgehead atoms. The first-order valence-corrected chi connectivity index (χ1v) is 5.79. The van der Waals surface area contributed by atoms with Crippen molar-refractivity contribution in [2.75, 3.05) is 13.2 Å². The Morgan fingerprint density at radius 3 is 2.56 bits per heavy atom. The quantitative estimate of drug-likeness (QED) is 0.735. The molecule has 1 unspecified atom stereocenters. The van der Waals surface area contributed by atoms with E-state index < -0.39 is 0 Å². The van der Waals surface area contributed by atoms with Crippen LogP contribution in [0.2, 0.25) is 0 Å². The number of nitrogens with two attached hydrogens (primary N) is 1. The molecule has 0 aliphatic rings. The smallest absolute Gasteiger partial charge is 0.0717 e. The molecular weight excluding hydrogens is 200 g/mol. The molecule has 0 heterocycles. The zero-order valence-corrected chi connectivity index (χ0v) is 10.1. The third kappa shape index (κ3) is 5.85. The molecule has 1 aromatic carbocycles. The Morgan fingerprint density at radius 2 is 1.94 bits per heavy atom. The average molecular weight is 222 g/mol. The fourth-order valence-electron chi connectivity index (χ4n) is 1.37. The highest BCUT2D eigenvalue weighted by Crippen LogP contribution is 2.00. The number of rotatable bonds is 7. The highest BCUT2D eigenvalue weighted by atomic mass is 16.5. The van der Waals surface area contributed by atoms with Crippen molar-refractivity contribution >= 4 is 0 Å². The summed E-state index contributed by atoms with van der Waals surface area (Å²) in [5.41, 5.74) is 6.87. The molecule has 0 aliphatic carbocycles. The Balaban J connectivity index is 2.11. The van der Waals surface area contributed by atoms with Crippen LogP contribution in [0.25, 0.3) is 0 Å². The molecule has 90 valence electrons. The van der Waals surface area contributed by atoms with Crippen LogP contribution in [0, 0.1) is 0 Å². The highest BCUT2D eigenvalue weighted by Gasteiger charge is 2.02. The molecule has 16 heavy (non-hydrogen) atoms. The Kier molecular flexibility index (Phi) is 6.08. The average Bonchev–Trinajstić information content (AvgIpc) is 2.28. The molecule has 1 rings (SSSR count). The minimum Gasteiger partial charge on any atom is -0.375 e. The molecule has 2 atom stereocenters. The molecule has 3 heteroatoms. The predicted molar refractivity (Wildman–Crippen MR) is 67.2 cm³/mol. The van der Waals surface area contributed by atoms with E-state index in [0.717, 1.165) is 6.54 Å². The van der Waals surface area contributed by atoms with Crippen LogP contribution < -0.4 is 11.1 Å². The van der Waals surface area contributed by atoms with Crippen LogP contribution in [0.3, 0.4) is 0 Å². The monoisotopic (exact) mass is 222 g/mol. The van der Waals surface area contributed by atoms with Crippen molar-refractivity contribution in [1.29, 1.82) is 0 Å². The van der Waals surface area contributed by atoms with Crippen molar-refractivity contribution in [3.8, 4) is 0 Å². The van der Waals surface area contributed by atoms with Crippen molar-refractivity contribution < 1.29 is 4.74 Å². The van der Waals surface area contributed by atoms with E-state index in [0.29, 0.717) is 19.3 Å². The molecule has 3 N–H and O–H groups in total. The summed E-state index contributed by atoms with van der Waals surface area (Å²) in [5.74, 6) is 0. The summed E-state index contributed by atoms with van der Waals surface area (Å²) in [6.07, 6.45) is 0. The van der Waals surface area contributed by atoms with Crippen LogP contribution in [0.1, 0.15) is 19.4 Å². The number of hydrogen-bond acceptors (Lipinski definition) is 3. The first-order chi connectivity index (χ1) is 7.68. The molecule has 3 nitrogen and oxygen atoms in total. The van der Waals surface area contributed by atoms with Crippen LogP contribution in [0.4, 0.5) is 0 Å². The predicted octanol–water partition coefficient (Wildman–Crippen LogP) is 1.53. The summed E-state index contributed by atoms with van der Waals surface area (Å²) in [7, 11) is 0. The van der Waals surface area contributed by atoms with Gasteiger partial charge in [0.05, 0.1) is 13.2 Å². The van der Waals surface area contributed by atoms with E-state index >= 15 is 0 Å². The van der Waals surface area contributed by atoms with E-state index in [9.17, 15) is 0 Å². The van der Waals surface area contributed by atoms with Gasteiger partial charge in [0.2, 0.25) is 0 Å². The lowest BCUT2D eigenvalue weighted by Crippen LogP contribution is -2.38. The lowest BCUT2D eigenvalue weighted by Gasteiger charge is -2.15. The molecule has 0 fully saturated rings. The largest absolute Gasteiger partial charge is 0.375 e. The van der Waals surface area contributed by atoms with E-state index in [1.807, 2.05) is 25.1 Å². The van der Waals surface area contributed by atoms with Gasteiger partial charge in [0.15, 0.2) is 0 Å². The van der Waals surface area contributed by atoms with E-state index in [-0.39, 0.29) is 6.04 Å². The fourth-order valence-corrected chi connectivity index (χ4v) is 1.37. The number of hydrogen-bond donors (Lipinski definition) is 2. The molecular formula is C13H22N2O. The zero-order valence-electron chi connectivity index (χ0n) is 10.1. The summed E-state index contributed by atoms with van der Waals surface area (Å²) in [6, 6.07) is 10.7. The molecule has 0 aliphatic heterocycles. The molecule has 0 amide bonds. The zero-order chi connectivity index (χ0) is 11.8. The number of ether oxygens (including phenoxy) is 1. The molecule has 0 saturated carbocycles. The summed E-state index contributed by atoms with van der Waals surface area (Å²) in [5, 5.41) is 3.32.